The summed E-state index contributed by atoms with van der Waals surface area (Å²) >= 11 is 0. The van der Waals surface area contributed by atoms with Crippen molar-refractivity contribution in [3.8, 4) is 0 Å². The Bertz CT molecular complexity index is 780. The molecular weight excluding hydrogens is 340 g/mol. The Kier molecular flexibility index (Phi) is 8.05. The third-order valence-electron chi connectivity index (χ3n) is 4.87. The Labute approximate surface area is 160 Å². The highest BCUT2D eigenvalue weighted by molar-refractivity contribution is 6.01. The topological polar surface area (TPSA) is 80.3 Å². The van der Waals surface area contributed by atoms with Gasteiger partial charge in [0, 0.05) is 11.1 Å². The standard InChI is InChI=1S/C23H28O4/c1-2-3-4-5-6-7-11-17-12-8-9-13-18(17)16-19-14-10-15-20(22(24)25)21(19)23(26)27/h8-10,12-15H,2-7,11,16H2,1H3,(H,24,25)(H,26,27)/p-2. The van der Waals surface area contributed by atoms with E-state index in [-0.39, 0.29) is 11.1 Å². The summed E-state index contributed by atoms with van der Waals surface area (Å²) in [6, 6.07) is 12.4. The number of carbonyl (C=O) groups excluding carboxylic acids is 2. The maximum absolute atomic E-state index is 11.5. The van der Waals surface area contributed by atoms with Crippen LogP contribution in [-0.4, -0.2) is 11.9 Å². The van der Waals surface area contributed by atoms with Crippen molar-refractivity contribution in [2.75, 3.05) is 0 Å². The Morgan fingerprint density at radius 1 is 0.741 bits per heavy atom. The second kappa shape index (κ2) is 10.5. The number of carbonyl (C=O) groups is 2. The Balaban J connectivity index is 2.15. The zero-order valence-corrected chi connectivity index (χ0v) is 15.8. The number of carboxylic acid groups (broad SMARTS) is 2. The number of rotatable bonds is 11. The van der Waals surface area contributed by atoms with E-state index in [2.05, 4.69) is 13.0 Å². The minimum absolute atomic E-state index is 0.285. The monoisotopic (exact) mass is 366 g/mol. The minimum Gasteiger partial charge on any atom is -0.545 e. The summed E-state index contributed by atoms with van der Waals surface area (Å²) in [5, 5.41) is 22.8. The van der Waals surface area contributed by atoms with Crippen molar-refractivity contribution >= 4 is 11.9 Å². The normalized spacial score (nSPS) is 10.7. The van der Waals surface area contributed by atoms with Gasteiger partial charge >= 0.3 is 0 Å². The summed E-state index contributed by atoms with van der Waals surface area (Å²) in [6.07, 6.45) is 8.57. The molecule has 4 nitrogen and oxygen atoms in total. The van der Waals surface area contributed by atoms with Crippen LogP contribution in [0.15, 0.2) is 42.5 Å². The first kappa shape index (κ1) is 20.7. The molecule has 0 spiro atoms. The molecule has 0 N–H and O–H groups in total. The van der Waals surface area contributed by atoms with Gasteiger partial charge in [-0.05, 0) is 36.0 Å². The van der Waals surface area contributed by atoms with Crippen molar-refractivity contribution in [3.63, 3.8) is 0 Å². The molecule has 2 aromatic rings. The third-order valence-corrected chi connectivity index (χ3v) is 4.87. The summed E-state index contributed by atoms with van der Waals surface area (Å²) in [7, 11) is 0. The fraction of sp³-hybridized carbons (Fsp3) is 0.391. The van der Waals surface area contributed by atoms with Gasteiger partial charge in [0.1, 0.15) is 0 Å². The van der Waals surface area contributed by atoms with E-state index in [4.69, 9.17) is 0 Å². The van der Waals surface area contributed by atoms with Crippen molar-refractivity contribution in [1.29, 1.82) is 0 Å². The second-order valence-corrected chi connectivity index (χ2v) is 6.88. The molecule has 0 saturated heterocycles. The van der Waals surface area contributed by atoms with E-state index in [1.807, 2.05) is 18.2 Å². The molecule has 0 amide bonds. The highest BCUT2D eigenvalue weighted by atomic mass is 16.4. The summed E-state index contributed by atoms with van der Waals surface area (Å²) in [4.78, 5) is 22.8. The van der Waals surface area contributed by atoms with Gasteiger partial charge < -0.3 is 19.8 Å². The molecule has 4 heteroatoms. The molecule has 27 heavy (non-hydrogen) atoms. The number of aryl methyl sites for hydroxylation is 1. The van der Waals surface area contributed by atoms with Crippen LogP contribution in [0.5, 0.6) is 0 Å². The second-order valence-electron chi connectivity index (χ2n) is 6.88. The van der Waals surface area contributed by atoms with Gasteiger partial charge in [0.15, 0.2) is 0 Å². The summed E-state index contributed by atoms with van der Waals surface area (Å²) in [6.45, 7) is 2.20. The van der Waals surface area contributed by atoms with Crippen LogP contribution in [-0.2, 0) is 12.8 Å². The Morgan fingerprint density at radius 2 is 1.37 bits per heavy atom. The SMILES string of the molecule is CCCCCCCCc1ccccc1Cc1cccc(C(=O)[O-])c1C(=O)[O-]. The summed E-state index contributed by atoms with van der Waals surface area (Å²) in [5.74, 6) is -2.99. The molecule has 0 unspecified atom stereocenters. The first-order valence-corrected chi connectivity index (χ1v) is 9.66. The maximum atomic E-state index is 11.5. The summed E-state index contributed by atoms with van der Waals surface area (Å²) in [5.41, 5.74) is 2.01. The first-order chi connectivity index (χ1) is 13.0. The van der Waals surface area contributed by atoms with Gasteiger partial charge in [0.2, 0.25) is 0 Å². The van der Waals surface area contributed by atoms with Crippen molar-refractivity contribution in [1.82, 2.24) is 0 Å². The molecule has 144 valence electrons. The van der Waals surface area contributed by atoms with Gasteiger partial charge in [-0.2, -0.15) is 0 Å². The molecule has 0 saturated carbocycles. The van der Waals surface area contributed by atoms with E-state index in [0.29, 0.717) is 12.0 Å². The van der Waals surface area contributed by atoms with Gasteiger partial charge in [-0.3, -0.25) is 0 Å². The lowest BCUT2D eigenvalue weighted by molar-refractivity contribution is -0.259. The van der Waals surface area contributed by atoms with Crippen LogP contribution in [0.2, 0.25) is 0 Å². The highest BCUT2D eigenvalue weighted by Gasteiger charge is 2.12. The van der Waals surface area contributed by atoms with Crippen LogP contribution >= 0.6 is 0 Å². The van der Waals surface area contributed by atoms with Gasteiger partial charge in [-0.25, -0.2) is 0 Å². The number of hydrogen-bond acceptors (Lipinski definition) is 4. The molecule has 2 rings (SSSR count). The molecule has 0 heterocycles. The molecule has 0 radical (unpaired) electrons. The molecule has 0 atom stereocenters. The molecule has 2 aromatic carbocycles. The van der Waals surface area contributed by atoms with Crippen LogP contribution < -0.4 is 10.2 Å². The number of benzene rings is 2. The lowest BCUT2D eigenvalue weighted by Gasteiger charge is -2.17. The predicted molar refractivity (Wildman–Crippen MR) is 101 cm³/mol. The van der Waals surface area contributed by atoms with Crippen LogP contribution in [0.1, 0.15) is 82.9 Å². The van der Waals surface area contributed by atoms with E-state index in [1.165, 1.54) is 43.7 Å². The average Bonchev–Trinajstić information content (AvgIpc) is 2.65. The molecule has 0 aromatic heterocycles. The highest BCUT2D eigenvalue weighted by Crippen LogP contribution is 2.21. The lowest BCUT2D eigenvalue weighted by Crippen LogP contribution is -2.31. The van der Waals surface area contributed by atoms with Gasteiger partial charge in [-0.15, -0.1) is 0 Å². The zero-order valence-electron chi connectivity index (χ0n) is 15.8. The summed E-state index contributed by atoms with van der Waals surface area (Å²) < 4.78 is 0. The zero-order chi connectivity index (χ0) is 19.6. The number of aromatic carboxylic acids is 2. The van der Waals surface area contributed by atoms with E-state index in [0.717, 1.165) is 18.4 Å². The fourth-order valence-electron chi connectivity index (χ4n) is 3.43. The molecule has 0 aliphatic rings. The van der Waals surface area contributed by atoms with Crippen molar-refractivity contribution in [2.24, 2.45) is 0 Å². The van der Waals surface area contributed by atoms with Gasteiger partial charge in [0.25, 0.3) is 0 Å². The van der Waals surface area contributed by atoms with E-state index in [1.54, 1.807) is 12.1 Å². The average molecular weight is 366 g/mol. The predicted octanol–water partition coefficient (Wildman–Crippen LogP) is 2.91. The molecule has 0 bridgehead atoms. The van der Waals surface area contributed by atoms with E-state index in [9.17, 15) is 19.8 Å². The minimum atomic E-state index is -1.50. The van der Waals surface area contributed by atoms with Crippen LogP contribution in [0, 0.1) is 0 Å². The van der Waals surface area contributed by atoms with Crippen LogP contribution in [0.4, 0.5) is 0 Å². The quantitative estimate of drug-likeness (QED) is 0.573. The lowest BCUT2D eigenvalue weighted by atomic mass is 9.92. The number of unbranched alkanes of at least 4 members (excludes halogenated alkanes) is 5. The van der Waals surface area contributed by atoms with E-state index < -0.39 is 11.9 Å². The van der Waals surface area contributed by atoms with Crippen molar-refractivity contribution in [3.05, 3.63) is 70.3 Å². The Hall–Kier alpha value is -2.62. The largest absolute Gasteiger partial charge is 0.545 e. The van der Waals surface area contributed by atoms with Crippen LogP contribution in [0.3, 0.4) is 0 Å². The smallest absolute Gasteiger partial charge is 0.0724 e. The number of hydrogen-bond donors (Lipinski definition) is 0. The van der Waals surface area contributed by atoms with Crippen molar-refractivity contribution in [2.45, 2.75) is 58.3 Å². The van der Waals surface area contributed by atoms with Gasteiger partial charge in [0.05, 0.1) is 11.9 Å². The fourth-order valence-corrected chi connectivity index (χ4v) is 3.43. The molecule has 0 aliphatic carbocycles. The van der Waals surface area contributed by atoms with E-state index >= 15 is 0 Å². The third kappa shape index (κ3) is 5.95. The number of carboxylic acids is 2. The Morgan fingerprint density at radius 3 is 2.04 bits per heavy atom. The molecular formula is C23H26O4-2. The maximum Gasteiger partial charge on any atom is 0.0724 e. The van der Waals surface area contributed by atoms with Crippen LogP contribution in [0.25, 0.3) is 0 Å². The van der Waals surface area contributed by atoms with Gasteiger partial charge in [-0.1, -0.05) is 81.5 Å². The molecule has 0 fully saturated rings. The molecule has 0 aliphatic heterocycles. The van der Waals surface area contributed by atoms with Crippen molar-refractivity contribution < 1.29 is 19.8 Å². The first-order valence-electron chi connectivity index (χ1n) is 9.66.